The highest BCUT2D eigenvalue weighted by Gasteiger charge is 2.41. The fourth-order valence-electron chi connectivity index (χ4n) is 4.73. The van der Waals surface area contributed by atoms with Gasteiger partial charge in [0.2, 0.25) is 0 Å². The van der Waals surface area contributed by atoms with Gasteiger partial charge in [-0.05, 0) is 77.5 Å². The molecule has 2 aromatic carbocycles. The predicted octanol–water partition coefficient (Wildman–Crippen LogP) is 4.93. The summed E-state index contributed by atoms with van der Waals surface area (Å²) in [4.78, 5) is 17.6. The molecule has 4 rings (SSSR count). The highest BCUT2D eigenvalue weighted by Crippen LogP contribution is 2.35. The zero-order chi connectivity index (χ0) is 22.0. The Hall–Kier alpha value is -1.76. The lowest BCUT2D eigenvalue weighted by Crippen LogP contribution is -2.34. The maximum Gasteiger partial charge on any atom is 0.257 e. The Morgan fingerprint density at radius 3 is 2.61 bits per heavy atom. The van der Waals surface area contributed by atoms with Crippen LogP contribution in [0, 0.1) is 18.8 Å². The molecule has 31 heavy (non-hydrogen) atoms. The third kappa shape index (κ3) is 5.02. The molecule has 166 valence electrons. The smallest absolute Gasteiger partial charge is 0.257 e. The zero-order valence-electron chi connectivity index (χ0n) is 18.0. The number of halogens is 2. The topological polar surface area (TPSA) is 44.8 Å². The number of fused-ring (bicyclic) bond motifs is 1. The molecule has 2 fully saturated rings. The molecule has 0 bridgehead atoms. The van der Waals surface area contributed by atoms with Crippen molar-refractivity contribution in [2.75, 3.05) is 51.7 Å². The van der Waals surface area contributed by atoms with Crippen molar-refractivity contribution in [2.45, 2.75) is 13.3 Å². The number of hydrogen-bond donors (Lipinski definition) is 1. The lowest BCUT2D eigenvalue weighted by Gasteiger charge is -2.22. The van der Waals surface area contributed by atoms with Crippen molar-refractivity contribution in [1.82, 2.24) is 9.80 Å². The van der Waals surface area contributed by atoms with Gasteiger partial charge in [0, 0.05) is 43.4 Å². The van der Waals surface area contributed by atoms with E-state index in [0.29, 0.717) is 23.1 Å². The summed E-state index contributed by atoms with van der Waals surface area (Å²) in [5.41, 5.74) is 2.81. The van der Waals surface area contributed by atoms with Crippen LogP contribution in [0.3, 0.4) is 0 Å². The summed E-state index contributed by atoms with van der Waals surface area (Å²) in [5, 5.41) is 4.27. The van der Waals surface area contributed by atoms with Crippen molar-refractivity contribution in [3.8, 4) is 5.75 Å². The van der Waals surface area contributed by atoms with Crippen molar-refractivity contribution in [2.24, 2.45) is 11.8 Å². The fourth-order valence-corrected chi connectivity index (χ4v) is 5.44. The molecular formula is C24H29BrClN3O2. The average molecular weight is 507 g/mol. The molecule has 2 unspecified atom stereocenters. The number of carbonyl (C=O) groups is 1. The van der Waals surface area contributed by atoms with Gasteiger partial charge >= 0.3 is 0 Å². The van der Waals surface area contributed by atoms with Gasteiger partial charge < -0.3 is 19.9 Å². The van der Waals surface area contributed by atoms with Crippen LogP contribution in [0.1, 0.15) is 22.3 Å². The Balaban J connectivity index is 1.23. The molecule has 5 nitrogen and oxygen atoms in total. The number of methoxy groups -OCH3 is 1. The van der Waals surface area contributed by atoms with Gasteiger partial charge in [-0.2, -0.15) is 0 Å². The van der Waals surface area contributed by atoms with Gasteiger partial charge in [0.25, 0.3) is 5.91 Å². The Morgan fingerprint density at radius 2 is 1.94 bits per heavy atom. The number of amides is 1. The second-order valence-electron chi connectivity index (χ2n) is 8.55. The third-order valence-corrected chi connectivity index (χ3v) is 7.43. The van der Waals surface area contributed by atoms with Crippen molar-refractivity contribution < 1.29 is 9.53 Å². The molecule has 0 aromatic heterocycles. The standard InChI is InChI=1S/C24H29BrClN3O2/c1-16-7-8-19(11-22(16)26)27-9-4-10-28-12-17-14-29(15-18(17)13-28)24(30)20-5-3-6-21(25)23(20)31-2/h3,5-8,11,17-18,27H,4,9-10,12-15H2,1-2H3. The van der Waals surface area contributed by atoms with E-state index in [2.05, 4.69) is 32.2 Å². The number of para-hydroxylation sites is 1. The van der Waals surface area contributed by atoms with Gasteiger partial charge in [0.1, 0.15) is 5.75 Å². The van der Waals surface area contributed by atoms with Crippen LogP contribution in [-0.2, 0) is 0 Å². The summed E-state index contributed by atoms with van der Waals surface area (Å²) in [6.45, 7) is 7.82. The lowest BCUT2D eigenvalue weighted by molar-refractivity contribution is 0.0770. The van der Waals surface area contributed by atoms with Gasteiger partial charge in [-0.25, -0.2) is 0 Å². The summed E-state index contributed by atoms with van der Waals surface area (Å²) in [5.74, 6) is 1.81. The molecule has 2 heterocycles. The lowest BCUT2D eigenvalue weighted by atomic mass is 10.0. The summed E-state index contributed by atoms with van der Waals surface area (Å²) >= 11 is 9.67. The zero-order valence-corrected chi connectivity index (χ0v) is 20.4. The largest absolute Gasteiger partial charge is 0.495 e. The maximum absolute atomic E-state index is 13.1. The summed E-state index contributed by atoms with van der Waals surface area (Å²) in [7, 11) is 1.61. The number of nitrogens with one attached hydrogen (secondary N) is 1. The van der Waals surface area contributed by atoms with Crippen molar-refractivity contribution in [1.29, 1.82) is 0 Å². The van der Waals surface area contributed by atoms with Crippen molar-refractivity contribution in [3.63, 3.8) is 0 Å². The molecule has 0 aliphatic carbocycles. The average Bonchev–Trinajstić information content (AvgIpc) is 3.32. The fraction of sp³-hybridized carbons (Fsp3) is 0.458. The van der Waals surface area contributed by atoms with E-state index in [0.717, 1.165) is 66.4 Å². The van der Waals surface area contributed by atoms with E-state index in [-0.39, 0.29) is 5.91 Å². The Kier molecular flexibility index (Phi) is 7.09. The van der Waals surface area contributed by atoms with Gasteiger partial charge in [0.05, 0.1) is 17.1 Å². The molecule has 2 aliphatic heterocycles. The highest BCUT2D eigenvalue weighted by molar-refractivity contribution is 9.10. The van der Waals surface area contributed by atoms with Crippen molar-refractivity contribution in [3.05, 3.63) is 57.0 Å². The minimum atomic E-state index is 0.0695. The van der Waals surface area contributed by atoms with E-state index in [1.54, 1.807) is 7.11 Å². The quantitative estimate of drug-likeness (QED) is 0.541. The molecule has 2 aliphatic rings. The van der Waals surface area contributed by atoms with E-state index >= 15 is 0 Å². The van der Waals surface area contributed by atoms with E-state index in [9.17, 15) is 4.79 Å². The number of hydrogen-bond acceptors (Lipinski definition) is 4. The first-order valence-corrected chi connectivity index (χ1v) is 12.0. The van der Waals surface area contributed by atoms with Crippen LogP contribution < -0.4 is 10.1 Å². The van der Waals surface area contributed by atoms with E-state index in [1.807, 2.05) is 42.2 Å². The summed E-state index contributed by atoms with van der Waals surface area (Å²) in [6, 6.07) is 11.7. The van der Waals surface area contributed by atoms with Gasteiger partial charge in [-0.1, -0.05) is 23.7 Å². The Bertz CT molecular complexity index is 940. The molecule has 7 heteroatoms. The van der Waals surface area contributed by atoms with Crippen LogP contribution in [0.15, 0.2) is 40.9 Å². The predicted molar refractivity (Wildman–Crippen MR) is 129 cm³/mol. The van der Waals surface area contributed by atoms with Crippen LogP contribution >= 0.6 is 27.5 Å². The van der Waals surface area contributed by atoms with Gasteiger partial charge in [0.15, 0.2) is 0 Å². The molecule has 2 saturated heterocycles. The number of benzene rings is 2. The number of ether oxygens (including phenoxy) is 1. The van der Waals surface area contributed by atoms with Crippen molar-refractivity contribution >= 4 is 39.1 Å². The molecule has 0 radical (unpaired) electrons. The molecule has 1 amide bonds. The second-order valence-corrected chi connectivity index (χ2v) is 9.82. The van der Waals surface area contributed by atoms with E-state index in [4.69, 9.17) is 16.3 Å². The number of anilines is 1. The Morgan fingerprint density at radius 1 is 1.19 bits per heavy atom. The molecule has 0 saturated carbocycles. The minimum Gasteiger partial charge on any atom is -0.495 e. The molecule has 2 aromatic rings. The van der Waals surface area contributed by atoms with E-state index < -0.39 is 0 Å². The van der Waals surface area contributed by atoms with Crippen LogP contribution in [0.5, 0.6) is 5.75 Å². The number of carbonyl (C=O) groups excluding carboxylic acids is 1. The van der Waals surface area contributed by atoms with E-state index in [1.165, 1.54) is 0 Å². The molecule has 2 atom stereocenters. The summed E-state index contributed by atoms with van der Waals surface area (Å²) in [6.07, 6.45) is 1.09. The normalized spacial score (nSPS) is 20.7. The Labute approximate surface area is 197 Å². The second kappa shape index (κ2) is 9.80. The number of likely N-dealkylation sites (tertiary alicyclic amines) is 2. The highest BCUT2D eigenvalue weighted by atomic mass is 79.9. The first-order chi connectivity index (χ1) is 15.0. The van der Waals surface area contributed by atoms with Gasteiger partial charge in [-0.15, -0.1) is 0 Å². The molecular weight excluding hydrogens is 478 g/mol. The van der Waals surface area contributed by atoms with Crippen LogP contribution in [-0.4, -0.2) is 62.1 Å². The number of rotatable bonds is 7. The summed E-state index contributed by atoms with van der Waals surface area (Å²) < 4.78 is 6.26. The minimum absolute atomic E-state index is 0.0695. The third-order valence-electron chi connectivity index (χ3n) is 6.40. The number of aryl methyl sites for hydroxylation is 1. The molecule has 1 N–H and O–H groups in total. The van der Waals surface area contributed by atoms with Gasteiger partial charge in [-0.3, -0.25) is 4.79 Å². The number of nitrogens with zero attached hydrogens (tertiary/aromatic N) is 2. The molecule has 0 spiro atoms. The first-order valence-electron chi connectivity index (χ1n) is 10.8. The monoisotopic (exact) mass is 505 g/mol. The maximum atomic E-state index is 13.1. The van der Waals surface area contributed by atoms with Crippen LogP contribution in [0.25, 0.3) is 0 Å². The first kappa shape index (κ1) is 22.4. The van der Waals surface area contributed by atoms with Crippen LogP contribution in [0.4, 0.5) is 5.69 Å². The SMILES string of the molecule is COc1c(Br)cccc1C(=O)N1CC2CN(CCCNc3ccc(C)c(Cl)c3)CC2C1. The van der Waals surface area contributed by atoms with Crippen LogP contribution in [0.2, 0.25) is 5.02 Å².